The van der Waals surface area contributed by atoms with Crippen LogP contribution in [0.4, 0.5) is 0 Å². The molecule has 1 aliphatic heterocycles. The van der Waals surface area contributed by atoms with Crippen molar-refractivity contribution in [1.82, 2.24) is 4.90 Å². The molecule has 98 valence electrons. The van der Waals surface area contributed by atoms with Crippen LogP contribution in [0.15, 0.2) is 24.3 Å². The minimum absolute atomic E-state index is 0.0611. The summed E-state index contributed by atoms with van der Waals surface area (Å²) in [7, 11) is 0. The summed E-state index contributed by atoms with van der Waals surface area (Å²) in [5, 5.41) is 9.46. The Bertz CT molecular complexity index is 412. The van der Waals surface area contributed by atoms with Crippen LogP contribution in [-0.2, 0) is 6.42 Å². The Morgan fingerprint density at radius 1 is 1.33 bits per heavy atom. The first-order valence-corrected chi connectivity index (χ1v) is 6.47. The minimum atomic E-state index is -0.256. The molecule has 1 heterocycles. The van der Waals surface area contributed by atoms with Crippen molar-refractivity contribution >= 4 is 5.91 Å². The van der Waals surface area contributed by atoms with Gasteiger partial charge < -0.3 is 15.7 Å². The maximum atomic E-state index is 12.4. The second kappa shape index (κ2) is 5.98. The third kappa shape index (κ3) is 2.89. The molecule has 2 rings (SSSR count). The number of benzene rings is 1. The summed E-state index contributed by atoms with van der Waals surface area (Å²) in [6, 6.07) is 7.63. The Kier molecular flexibility index (Phi) is 4.33. The van der Waals surface area contributed by atoms with Gasteiger partial charge in [0.05, 0.1) is 6.10 Å². The lowest BCUT2D eigenvalue weighted by molar-refractivity contribution is 0.0545. The zero-order valence-electron chi connectivity index (χ0n) is 10.5. The molecular weight excluding hydrogens is 228 g/mol. The fraction of sp³-hybridized carbons (Fsp3) is 0.500. The van der Waals surface area contributed by atoms with Crippen molar-refractivity contribution in [3.05, 3.63) is 35.4 Å². The summed E-state index contributed by atoms with van der Waals surface area (Å²) in [5.74, 6) is 0.0611. The third-order valence-corrected chi connectivity index (χ3v) is 3.41. The minimum Gasteiger partial charge on any atom is -0.393 e. The van der Waals surface area contributed by atoms with E-state index in [9.17, 15) is 9.90 Å². The van der Waals surface area contributed by atoms with E-state index in [0.29, 0.717) is 32.5 Å². The Morgan fingerprint density at radius 2 is 2.00 bits per heavy atom. The monoisotopic (exact) mass is 248 g/mol. The van der Waals surface area contributed by atoms with E-state index in [2.05, 4.69) is 0 Å². The van der Waals surface area contributed by atoms with Crippen LogP contribution >= 0.6 is 0 Å². The fourth-order valence-corrected chi connectivity index (χ4v) is 2.34. The summed E-state index contributed by atoms with van der Waals surface area (Å²) in [6.07, 6.45) is 1.81. The predicted octanol–water partition coefficient (Wildman–Crippen LogP) is 0.785. The molecule has 0 radical (unpaired) electrons. The number of nitrogens with two attached hydrogens (primary N) is 1. The SMILES string of the molecule is NCCc1ccccc1C(=O)N1CCC(O)CC1. The van der Waals surface area contributed by atoms with Crippen LogP contribution in [0.25, 0.3) is 0 Å². The number of likely N-dealkylation sites (tertiary alicyclic amines) is 1. The summed E-state index contributed by atoms with van der Waals surface area (Å²) in [6.45, 7) is 1.82. The molecule has 0 bridgehead atoms. The zero-order valence-corrected chi connectivity index (χ0v) is 10.5. The normalized spacial score (nSPS) is 16.9. The van der Waals surface area contributed by atoms with Gasteiger partial charge in [-0.25, -0.2) is 0 Å². The molecule has 4 heteroatoms. The van der Waals surface area contributed by atoms with Crippen molar-refractivity contribution < 1.29 is 9.90 Å². The molecule has 1 aromatic carbocycles. The first kappa shape index (κ1) is 13.1. The van der Waals surface area contributed by atoms with Crippen molar-refractivity contribution in [2.24, 2.45) is 5.73 Å². The number of aliphatic hydroxyl groups is 1. The van der Waals surface area contributed by atoms with Crippen LogP contribution in [-0.4, -0.2) is 41.7 Å². The van der Waals surface area contributed by atoms with Crippen molar-refractivity contribution in [3.63, 3.8) is 0 Å². The van der Waals surface area contributed by atoms with E-state index in [-0.39, 0.29) is 12.0 Å². The van der Waals surface area contributed by atoms with Crippen molar-refractivity contribution in [1.29, 1.82) is 0 Å². The molecule has 0 saturated carbocycles. The van der Waals surface area contributed by atoms with E-state index in [1.54, 1.807) is 0 Å². The first-order valence-electron chi connectivity index (χ1n) is 6.47. The zero-order chi connectivity index (χ0) is 13.0. The Balaban J connectivity index is 2.13. The van der Waals surface area contributed by atoms with Gasteiger partial charge in [0.25, 0.3) is 5.91 Å². The lowest BCUT2D eigenvalue weighted by atomic mass is 10.0. The van der Waals surface area contributed by atoms with E-state index < -0.39 is 0 Å². The highest BCUT2D eigenvalue weighted by Gasteiger charge is 2.23. The quantitative estimate of drug-likeness (QED) is 0.831. The van der Waals surface area contributed by atoms with E-state index >= 15 is 0 Å². The molecule has 0 spiro atoms. The number of amides is 1. The number of carbonyl (C=O) groups is 1. The smallest absolute Gasteiger partial charge is 0.254 e. The molecule has 0 aliphatic carbocycles. The van der Waals surface area contributed by atoms with E-state index in [1.165, 1.54) is 0 Å². The maximum absolute atomic E-state index is 12.4. The molecule has 0 unspecified atom stereocenters. The average molecular weight is 248 g/mol. The van der Waals surface area contributed by atoms with Crippen LogP contribution in [0.2, 0.25) is 0 Å². The highest BCUT2D eigenvalue weighted by molar-refractivity contribution is 5.95. The van der Waals surface area contributed by atoms with Gasteiger partial charge in [0, 0.05) is 18.7 Å². The molecular formula is C14H20N2O2. The average Bonchev–Trinajstić information content (AvgIpc) is 2.40. The number of rotatable bonds is 3. The van der Waals surface area contributed by atoms with Crippen LogP contribution in [0, 0.1) is 0 Å². The van der Waals surface area contributed by atoms with Gasteiger partial charge in [0.2, 0.25) is 0 Å². The molecule has 1 fully saturated rings. The van der Waals surface area contributed by atoms with Crippen molar-refractivity contribution in [2.75, 3.05) is 19.6 Å². The van der Waals surface area contributed by atoms with Crippen LogP contribution < -0.4 is 5.73 Å². The van der Waals surface area contributed by atoms with Gasteiger partial charge in [-0.05, 0) is 37.4 Å². The Morgan fingerprint density at radius 3 is 2.67 bits per heavy atom. The summed E-state index contributed by atoms with van der Waals surface area (Å²) in [4.78, 5) is 14.2. The molecule has 0 atom stereocenters. The molecule has 18 heavy (non-hydrogen) atoms. The van der Waals surface area contributed by atoms with Gasteiger partial charge in [-0.3, -0.25) is 4.79 Å². The van der Waals surface area contributed by atoms with E-state index in [1.807, 2.05) is 29.2 Å². The molecule has 1 aliphatic rings. The number of hydrogen-bond acceptors (Lipinski definition) is 3. The van der Waals surface area contributed by atoms with E-state index in [0.717, 1.165) is 17.5 Å². The van der Waals surface area contributed by atoms with Crippen LogP contribution in [0.5, 0.6) is 0 Å². The predicted molar refractivity (Wildman–Crippen MR) is 70.3 cm³/mol. The lowest BCUT2D eigenvalue weighted by Crippen LogP contribution is -2.40. The standard InChI is InChI=1S/C14H20N2O2/c15-8-5-11-3-1-2-4-13(11)14(18)16-9-6-12(17)7-10-16/h1-4,12,17H,5-10,15H2. The second-order valence-electron chi connectivity index (χ2n) is 4.72. The van der Waals surface area contributed by atoms with Gasteiger partial charge in [0.15, 0.2) is 0 Å². The lowest BCUT2D eigenvalue weighted by Gasteiger charge is -2.30. The molecule has 0 aromatic heterocycles. The number of nitrogens with zero attached hydrogens (tertiary/aromatic N) is 1. The van der Waals surface area contributed by atoms with Crippen LogP contribution in [0.3, 0.4) is 0 Å². The van der Waals surface area contributed by atoms with Gasteiger partial charge in [0.1, 0.15) is 0 Å². The summed E-state index contributed by atoms with van der Waals surface area (Å²) >= 11 is 0. The van der Waals surface area contributed by atoms with Gasteiger partial charge in [-0.1, -0.05) is 18.2 Å². The largest absolute Gasteiger partial charge is 0.393 e. The highest BCUT2D eigenvalue weighted by atomic mass is 16.3. The molecule has 1 amide bonds. The number of carbonyl (C=O) groups excluding carboxylic acids is 1. The highest BCUT2D eigenvalue weighted by Crippen LogP contribution is 2.16. The van der Waals surface area contributed by atoms with Gasteiger partial charge in [-0.15, -0.1) is 0 Å². The number of aliphatic hydroxyl groups excluding tert-OH is 1. The first-order chi connectivity index (χ1) is 8.72. The van der Waals surface area contributed by atoms with Crippen LogP contribution in [0.1, 0.15) is 28.8 Å². The summed E-state index contributed by atoms with van der Waals surface area (Å²) in [5.41, 5.74) is 7.33. The van der Waals surface area contributed by atoms with Gasteiger partial charge >= 0.3 is 0 Å². The van der Waals surface area contributed by atoms with Crippen molar-refractivity contribution in [2.45, 2.75) is 25.4 Å². The Hall–Kier alpha value is -1.39. The third-order valence-electron chi connectivity index (χ3n) is 3.41. The topological polar surface area (TPSA) is 66.6 Å². The molecule has 4 nitrogen and oxygen atoms in total. The van der Waals surface area contributed by atoms with E-state index in [4.69, 9.17) is 5.73 Å². The molecule has 1 aromatic rings. The van der Waals surface area contributed by atoms with Gasteiger partial charge in [-0.2, -0.15) is 0 Å². The number of hydrogen-bond donors (Lipinski definition) is 2. The molecule has 3 N–H and O–H groups in total. The van der Waals surface area contributed by atoms with Crippen molar-refractivity contribution in [3.8, 4) is 0 Å². The second-order valence-corrected chi connectivity index (χ2v) is 4.72. The summed E-state index contributed by atoms with van der Waals surface area (Å²) < 4.78 is 0. The maximum Gasteiger partial charge on any atom is 0.254 e. The fourth-order valence-electron chi connectivity index (χ4n) is 2.34. The molecule has 1 saturated heterocycles. The Labute approximate surface area is 107 Å². The number of piperidine rings is 1.